The number of aliphatic hydroxyl groups is 1. The summed E-state index contributed by atoms with van der Waals surface area (Å²) in [6.07, 6.45) is 0.659. The summed E-state index contributed by atoms with van der Waals surface area (Å²) in [7, 11) is 0. The molecule has 2 aromatic heterocycles. The van der Waals surface area contributed by atoms with Gasteiger partial charge in [-0.2, -0.15) is 0 Å². The number of nitrogen functional groups attached to an aromatic ring is 1. The number of imidazole rings is 1. The van der Waals surface area contributed by atoms with Crippen LogP contribution in [0, 0.1) is 0 Å². The fourth-order valence-corrected chi connectivity index (χ4v) is 3.47. The number of benzene rings is 2. The number of nitrogens with two attached hydrogens (primary N) is 1. The van der Waals surface area contributed by atoms with Crippen LogP contribution in [0.1, 0.15) is 25.2 Å². The molecule has 0 fully saturated rings. The highest BCUT2D eigenvalue weighted by Crippen LogP contribution is 2.33. The molecule has 0 spiro atoms. The Kier molecular flexibility index (Phi) is 3.89. The molecule has 0 aliphatic heterocycles. The van der Waals surface area contributed by atoms with Crippen molar-refractivity contribution in [3.63, 3.8) is 0 Å². The minimum absolute atomic E-state index is 0.00317. The predicted molar refractivity (Wildman–Crippen MR) is 105 cm³/mol. The second-order valence-corrected chi connectivity index (χ2v) is 7.21. The van der Waals surface area contributed by atoms with Crippen LogP contribution in [0.25, 0.3) is 21.9 Å². The molecule has 0 bridgehead atoms. The quantitative estimate of drug-likeness (QED) is 0.593. The average Bonchev–Trinajstić information content (AvgIpc) is 3.03. The van der Waals surface area contributed by atoms with Crippen LogP contribution in [0.5, 0.6) is 0 Å². The smallest absolute Gasteiger partial charge is 0.152 e. The highest BCUT2D eigenvalue weighted by atomic mass is 16.3. The van der Waals surface area contributed by atoms with Gasteiger partial charge in [0.25, 0.3) is 0 Å². The van der Waals surface area contributed by atoms with Crippen LogP contribution in [-0.2, 0) is 12.0 Å². The SMILES string of the molecule is CC(C)(CO)n1c(Cc2ccccc2)nc2c(N)nc3ccccc3c21. The van der Waals surface area contributed by atoms with E-state index in [2.05, 4.69) is 21.7 Å². The standard InChI is InChI=1S/C21H22N4O/c1-21(2,13-26)25-17(12-14-8-4-3-5-9-14)24-18-19(25)15-10-6-7-11-16(15)23-20(18)22/h3-11,26H,12-13H2,1-2H3,(H2,22,23). The number of para-hydroxylation sites is 1. The largest absolute Gasteiger partial charge is 0.394 e. The van der Waals surface area contributed by atoms with E-state index in [9.17, 15) is 5.11 Å². The summed E-state index contributed by atoms with van der Waals surface area (Å²) < 4.78 is 2.12. The first-order chi connectivity index (χ1) is 12.5. The van der Waals surface area contributed by atoms with Gasteiger partial charge in [0.2, 0.25) is 0 Å². The van der Waals surface area contributed by atoms with E-state index in [0.717, 1.165) is 27.8 Å². The van der Waals surface area contributed by atoms with Crippen LogP contribution >= 0.6 is 0 Å². The first kappa shape index (κ1) is 16.5. The van der Waals surface area contributed by atoms with Crippen LogP contribution in [0.3, 0.4) is 0 Å². The molecule has 2 heterocycles. The minimum atomic E-state index is -0.518. The van der Waals surface area contributed by atoms with Gasteiger partial charge in [-0.25, -0.2) is 9.97 Å². The molecule has 5 nitrogen and oxygen atoms in total. The van der Waals surface area contributed by atoms with E-state index in [1.165, 1.54) is 0 Å². The van der Waals surface area contributed by atoms with Crippen molar-refractivity contribution in [2.45, 2.75) is 25.8 Å². The van der Waals surface area contributed by atoms with Crippen molar-refractivity contribution in [2.75, 3.05) is 12.3 Å². The maximum atomic E-state index is 10.1. The van der Waals surface area contributed by atoms with Gasteiger partial charge in [0.15, 0.2) is 5.82 Å². The molecular weight excluding hydrogens is 324 g/mol. The monoisotopic (exact) mass is 346 g/mol. The number of hydrogen-bond acceptors (Lipinski definition) is 4. The first-order valence-corrected chi connectivity index (χ1v) is 8.72. The van der Waals surface area contributed by atoms with E-state index >= 15 is 0 Å². The molecule has 2 aromatic carbocycles. The molecule has 4 rings (SSSR count). The molecule has 26 heavy (non-hydrogen) atoms. The Hall–Kier alpha value is -2.92. The Balaban J connectivity index is 2.07. The minimum Gasteiger partial charge on any atom is -0.394 e. The molecule has 0 radical (unpaired) electrons. The van der Waals surface area contributed by atoms with Gasteiger partial charge >= 0.3 is 0 Å². The van der Waals surface area contributed by atoms with Crippen LogP contribution < -0.4 is 5.73 Å². The Morgan fingerprint density at radius 3 is 2.42 bits per heavy atom. The number of pyridine rings is 1. The summed E-state index contributed by atoms with van der Waals surface area (Å²) in [5.41, 5.74) is 9.33. The Labute approximate surface area is 152 Å². The lowest BCUT2D eigenvalue weighted by atomic mass is 10.0. The van der Waals surface area contributed by atoms with Crippen molar-refractivity contribution >= 4 is 27.8 Å². The number of aliphatic hydroxyl groups excluding tert-OH is 1. The summed E-state index contributed by atoms with van der Waals surface area (Å²) in [5, 5.41) is 11.1. The number of fused-ring (bicyclic) bond motifs is 3. The van der Waals surface area contributed by atoms with Crippen LogP contribution in [0.15, 0.2) is 54.6 Å². The normalized spacial score (nSPS) is 12.1. The molecule has 0 atom stereocenters. The van der Waals surface area contributed by atoms with Crippen molar-refractivity contribution in [2.24, 2.45) is 0 Å². The molecule has 0 aliphatic rings. The maximum absolute atomic E-state index is 10.1. The Morgan fingerprint density at radius 1 is 1.00 bits per heavy atom. The van der Waals surface area contributed by atoms with Crippen molar-refractivity contribution in [1.29, 1.82) is 0 Å². The number of nitrogens with zero attached hydrogens (tertiary/aromatic N) is 3. The van der Waals surface area contributed by atoms with E-state index in [0.29, 0.717) is 17.8 Å². The van der Waals surface area contributed by atoms with E-state index in [4.69, 9.17) is 10.7 Å². The van der Waals surface area contributed by atoms with E-state index in [-0.39, 0.29) is 6.61 Å². The number of rotatable bonds is 4. The highest BCUT2D eigenvalue weighted by molar-refractivity contribution is 6.06. The van der Waals surface area contributed by atoms with Gasteiger partial charge in [0.1, 0.15) is 11.3 Å². The molecule has 0 amide bonds. The molecular formula is C21H22N4O. The third kappa shape index (κ3) is 2.61. The van der Waals surface area contributed by atoms with E-state index in [1.54, 1.807) is 0 Å². The second kappa shape index (κ2) is 6.11. The number of aromatic nitrogens is 3. The van der Waals surface area contributed by atoms with Gasteiger partial charge in [-0.1, -0.05) is 48.5 Å². The van der Waals surface area contributed by atoms with Crippen molar-refractivity contribution in [1.82, 2.24) is 14.5 Å². The van der Waals surface area contributed by atoms with Crippen LogP contribution in [0.2, 0.25) is 0 Å². The van der Waals surface area contributed by atoms with Gasteiger partial charge in [0.05, 0.1) is 23.2 Å². The van der Waals surface area contributed by atoms with Gasteiger partial charge in [-0.15, -0.1) is 0 Å². The molecule has 0 unspecified atom stereocenters. The van der Waals surface area contributed by atoms with E-state index in [1.807, 2.05) is 56.3 Å². The second-order valence-electron chi connectivity index (χ2n) is 7.21. The summed E-state index contributed by atoms with van der Waals surface area (Å²) in [6.45, 7) is 4.01. The fraction of sp³-hybridized carbons (Fsp3) is 0.238. The van der Waals surface area contributed by atoms with Crippen molar-refractivity contribution in [3.05, 3.63) is 66.0 Å². The Morgan fingerprint density at radius 2 is 1.69 bits per heavy atom. The zero-order valence-corrected chi connectivity index (χ0v) is 15.0. The summed E-state index contributed by atoms with van der Waals surface area (Å²) in [5.74, 6) is 1.29. The number of anilines is 1. The topological polar surface area (TPSA) is 77.0 Å². The van der Waals surface area contributed by atoms with E-state index < -0.39 is 5.54 Å². The molecule has 5 heteroatoms. The molecule has 3 N–H and O–H groups in total. The maximum Gasteiger partial charge on any atom is 0.152 e. The van der Waals surface area contributed by atoms with Gasteiger partial charge < -0.3 is 15.4 Å². The molecule has 0 aliphatic carbocycles. The van der Waals surface area contributed by atoms with Gasteiger partial charge in [0, 0.05) is 11.8 Å². The first-order valence-electron chi connectivity index (χ1n) is 8.72. The molecule has 0 saturated heterocycles. The lowest BCUT2D eigenvalue weighted by Gasteiger charge is -2.27. The lowest BCUT2D eigenvalue weighted by Crippen LogP contribution is -2.32. The van der Waals surface area contributed by atoms with Crippen LogP contribution in [-0.4, -0.2) is 26.2 Å². The van der Waals surface area contributed by atoms with Gasteiger partial charge in [-0.05, 0) is 25.5 Å². The average molecular weight is 346 g/mol. The zero-order valence-electron chi connectivity index (χ0n) is 15.0. The molecule has 132 valence electrons. The third-order valence-electron chi connectivity index (χ3n) is 4.79. The molecule has 0 saturated carbocycles. The Bertz CT molecular complexity index is 1080. The summed E-state index contributed by atoms with van der Waals surface area (Å²) in [6, 6.07) is 18.1. The summed E-state index contributed by atoms with van der Waals surface area (Å²) in [4.78, 5) is 9.35. The van der Waals surface area contributed by atoms with Crippen molar-refractivity contribution < 1.29 is 5.11 Å². The highest BCUT2D eigenvalue weighted by Gasteiger charge is 2.27. The summed E-state index contributed by atoms with van der Waals surface area (Å²) >= 11 is 0. The van der Waals surface area contributed by atoms with Crippen LogP contribution in [0.4, 0.5) is 5.82 Å². The van der Waals surface area contributed by atoms with Gasteiger partial charge in [-0.3, -0.25) is 0 Å². The zero-order chi connectivity index (χ0) is 18.3. The third-order valence-corrected chi connectivity index (χ3v) is 4.79. The predicted octanol–water partition coefficient (Wildman–Crippen LogP) is 3.48. The van der Waals surface area contributed by atoms with Crippen molar-refractivity contribution in [3.8, 4) is 0 Å². The molecule has 4 aromatic rings. The number of hydrogen-bond donors (Lipinski definition) is 2. The lowest BCUT2D eigenvalue weighted by molar-refractivity contribution is 0.165. The fourth-order valence-electron chi connectivity index (χ4n) is 3.47.